The van der Waals surface area contributed by atoms with Crippen molar-refractivity contribution in [2.75, 3.05) is 6.61 Å². The van der Waals surface area contributed by atoms with Gasteiger partial charge >= 0.3 is 6.18 Å². The van der Waals surface area contributed by atoms with Crippen LogP contribution >= 0.6 is 11.6 Å². The largest absolute Gasteiger partial charge is 0.472 e. The topological polar surface area (TPSA) is 57.9 Å². The second-order valence-electron chi connectivity index (χ2n) is 8.07. The minimum Gasteiger partial charge on any atom is -0.472 e. The van der Waals surface area contributed by atoms with Crippen molar-refractivity contribution >= 4 is 17.4 Å². The first kappa shape index (κ1) is 22.7. The number of ketones is 1. The molecule has 5 nitrogen and oxygen atoms in total. The third-order valence-electron chi connectivity index (χ3n) is 6.06. The molecule has 0 aliphatic carbocycles. The molecule has 34 heavy (non-hydrogen) atoms. The van der Waals surface area contributed by atoms with Crippen LogP contribution in [0, 0.1) is 0 Å². The lowest BCUT2D eigenvalue weighted by Crippen LogP contribution is -2.64. The van der Waals surface area contributed by atoms with E-state index >= 15 is 0 Å². The molecule has 3 aromatic rings. The molecule has 176 valence electrons. The molecule has 0 amide bonds. The first-order valence-electron chi connectivity index (χ1n) is 10.3. The van der Waals surface area contributed by atoms with Crippen molar-refractivity contribution in [1.29, 1.82) is 0 Å². The number of hydrogen-bond acceptors (Lipinski definition) is 5. The molecule has 0 saturated carbocycles. The van der Waals surface area contributed by atoms with Gasteiger partial charge in [-0.25, -0.2) is 0 Å². The predicted molar refractivity (Wildman–Crippen MR) is 115 cm³/mol. The van der Waals surface area contributed by atoms with Gasteiger partial charge in [0, 0.05) is 16.1 Å². The molecule has 1 spiro atoms. The maximum atomic E-state index is 14.0. The summed E-state index contributed by atoms with van der Waals surface area (Å²) in [5.41, 5.74) is -1.61. The number of benzene rings is 2. The highest BCUT2D eigenvalue weighted by Gasteiger charge is 2.68. The van der Waals surface area contributed by atoms with Gasteiger partial charge in [0.15, 0.2) is 0 Å². The molecule has 0 saturated heterocycles. The van der Waals surface area contributed by atoms with Crippen molar-refractivity contribution in [3.8, 4) is 5.75 Å². The summed E-state index contributed by atoms with van der Waals surface area (Å²) in [7, 11) is 0. The van der Waals surface area contributed by atoms with Crippen LogP contribution < -0.4 is 4.74 Å². The standard InChI is InChI=1S/C25H18ClF3O5/c1-15-7-10-32-23(15)22(30)20-12-19(26)5-6-21(20)34-24(23,33-14-16-8-9-31-13-16)17-3-2-4-18(11-17)25(27,28)29/h2-9,11-13H,10,14H2,1H3. The number of fused-ring (bicyclic) bond motifs is 1. The number of carbonyl (C=O) groups is 1. The molecule has 2 aliphatic heterocycles. The fourth-order valence-corrected chi connectivity index (χ4v) is 4.59. The quantitative estimate of drug-likeness (QED) is 0.401. The van der Waals surface area contributed by atoms with Crippen LogP contribution in [0.5, 0.6) is 5.75 Å². The second kappa shape index (κ2) is 8.01. The Labute approximate surface area is 197 Å². The average Bonchev–Trinajstić information content (AvgIpc) is 3.46. The van der Waals surface area contributed by atoms with E-state index in [0.29, 0.717) is 16.2 Å². The van der Waals surface area contributed by atoms with E-state index in [9.17, 15) is 18.0 Å². The molecule has 9 heteroatoms. The van der Waals surface area contributed by atoms with Crippen molar-refractivity contribution < 1.29 is 36.6 Å². The Hall–Kier alpha value is -3.07. The highest BCUT2D eigenvalue weighted by molar-refractivity contribution is 6.31. The number of alkyl halides is 3. The lowest BCUT2D eigenvalue weighted by atomic mass is 9.74. The number of ether oxygens (including phenoxy) is 3. The smallest absolute Gasteiger partial charge is 0.416 e. The Morgan fingerprint density at radius 1 is 1.15 bits per heavy atom. The Morgan fingerprint density at radius 3 is 2.65 bits per heavy atom. The number of hydrogen-bond donors (Lipinski definition) is 0. The third-order valence-corrected chi connectivity index (χ3v) is 6.30. The first-order chi connectivity index (χ1) is 16.2. The van der Waals surface area contributed by atoms with E-state index in [1.54, 1.807) is 19.1 Å². The van der Waals surface area contributed by atoms with E-state index in [2.05, 4.69) is 0 Å². The summed E-state index contributed by atoms with van der Waals surface area (Å²) in [4.78, 5) is 14.0. The summed E-state index contributed by atoms with van der Waals surface area (Å²) in [6, 6.07) is 10.6. The van der Waals surface area contributed by atoms with Crippen LogP contribution in [0.15, 0.2) is 77.1 Å². The van der Waals surface area contributed by atoms with Crippen molar-refractivity contribution in [3.05, 3.63) is 100.0 Å². The number of rotatable bonds is 4. The van der Waals surface area contributed by atoms with E-state index < -0.39 is 28.9 Å². The zero-order valence-electron chi connectivity index (χ0n) is 17.8. The fraction of sp³-hybridized carbons (Fsp3) is 0.240. The van der Waals surface area contributed by atoms with E-state index in [1.807, 2.05) is 0 Å². The molecule has 0 radical (unpaired) electrons. The van der Waals surface area contributed by atoms with Gasteiger partial charge in [-0.2, -0.15) is 13.2 Å². The van der Waals surface area contributed by atoms with Gasteiger partial charge in [0.1, 0.15) is 5.75 Å². The van der Waals surface area contributed by atoms with Gasteiger partial charge in [-0.15, -0.1) is 0 Å². The molecule has 2 atom stereocenters. The Kier molecular flexibility index (Phi) is 5.35. The van der Waals surface area contributed by atoms with Crippen molar-refractivity contribution in [2.45, 2.75) is 31.1 Å². The number of halogens is 4. The van der Waals surface area contributed by atoms with Gasteiger partial charge in [-0.05, 0) is 48.9 Å². The monoisotopic (exact) mass is 490 g/mol. The van der Waals surface area contributed by atoms with Gasteiger partial charge in [0.05, 0.1) is 36.9 Å². The maximum absolute atomic E-state index is 14.0. The first-order valence-corrected chi connectivity index (χ1v) is 10.7. The highest BCUT2D eigenvalue weighted by Crippen LogP contribution is 2.54. The van der Waals surface area contributed by atoms with Crippen molar-refractivity contribution in [3.63, 3.8) is 0 Å². The minimum atomic E-state index is -4.62. The van der Waals surface area contributed by atoms with E-state index in [0.717, 1.165) is 12.1 Å². The number of furan rings is 1. The number of Topliss-reactive ketones (excluding diaryl/α,β-unsaturated/α-hetero) is 1. The fourth-order valence-electron chi connectivity index (χ4n) is 4.42. The average molecular weight is 491 g/mol. The zero-order chi connectivity index (χ0) is 24.1. The zero-order valence-corrected chi connectivity index (χ0v) is 18.6. The van der Waals surface area contributed by atoms with Crippen LogP contribution in [0.25, 0.3) is 0 Å². The van der Waals surface area contributed by atoms with Crippen LogP contribution in [0.2, 0.25) is 5.02 Å². The SMILES string of the molecule is CC1=CCOC12C(=O)c1cc(Cl)ccc1OC2(OCc1ccoc1)c1cccc(C(F)(F)F)c1. The molecule has 0 bridgehead atoms. The van der Waals surface area contributed by atoms with Gasteiger partial charge in [-0.1, -0.05) is 29.8 Å². The lowest BCUT2D eigenvalue weighted by Gasteiger charge is -2.49. The highest BCUT2D eigenvalue weighted by atomic mass is 35.5. The van der Waals surface area contributed by atoms with Crippen LogP contribution in [0.3, 0.4) is 0 Å². The Balaban J connectivity index is 1.77. The molecule has 3 heterocycles. The normalized spacial score (nSPS) is 24.1. The molecule has 0 N–H and O–H groups in total. The van der Waals surface area contributed by atoms with Gasteiger partial charge < -0.3 is 18.6 Å². The van der Waals surface area contributed by atoms with E-state index in [1.165, 1.54) is 42.9 Å². The lowest BCUT2D eigenvalue weighted by molar-refractivity contribution is -0.279. The molecule has 2 aromatic carbocycles. The Bertz CT molecular complexity index is 1280. The molecule has 1 aromatic heterocycles. The van der Waals surface area contributed by atoms with Crippen LogP contribution in [-0.4, -0.2) is 18.0 Å². The number of carbonyl (C=O) groups excluding carboxylic acids is 1. The van der Waals surface area contributed by atoms with E-state index in [4.69, 9.17) is 30.2 Å². The molecule has 2 aliphatic rings. The van der Waals surface area contributed by atoms with Gasteiger partial charge in [-0.3, -0.25) is 4.79 Å². The summed E-state index contributed by atoms with van der Waals surface area (Å²) in [6.45, 7) is 1.58. The molecule has 2 unspecified atom stereocenters. The summed E-state index contributed by atoms with van der Waals surface area (Å²) >= 11 is 6.13. The van der Waals surface area contributed by atoms with Gasteiger partial charge in [0.25, 0.3) is 5.79 Å². The van der Waals surface area contributed by atoms with Crippen LogP contribution in [0.1, 0.15) is 34.0 Å². The minimum absolute atomic E-state index is 0.0191. The maximum Gasteiger partial charge on any atom is 0.416 e. The predicted octanol–water partition coefficient (Wildman–Crippen LogP) is 6.31. The molecular weight excluding hydrogens is 473 g/mol. The second-order valence-corrected chi connectivity index (χ2v) is 8.50. The molecule has 5 rings (SSSR count). The molecule has 0 fully saturated rings. The third kappa shape index (κ3) is 3.36. The van der Waals surface area contributed by atoms with Gasteiger partial charge in [0.2, 0.25) is 11.4 Å². The summed E-state index contributed by atoms with van der Waals surface area (Å²) in [5.74, 6) is -2.47. The van der Waals surface area contributed by atoms with Crippen LogP contribution in [0.4, 0.5) is 13.2 Å². The summed E-state index contributed by atoms with van der Waals surface area (Å²) in [5, 5.41) is 0.302. The van der Waals surface area contributed by atoms with Crippen LogP contribution in [-0.2, 0) is 28.0 Å². The summed E-state index contributed by atoms with van der Waals surface area (Å²) in [6.07, 6.45) is -0.0727. The Morgan fingerprint density at radius 2 is 1.97 bits per heavy atom. The molecular formula is C25H18ClF3O5. The van der Waals surface area contributed by atoms with Crippen molar-refractivity contribution in [2.24, 2.45) is 0 Å². The summed E-state index contributed by atoms with van der Waals surface area (Å²) < 4.78 is 64.7. The van der Waals surface area contributed by atoms with E-state index in [-0.39, 0.29) is 30.1 Å². The van der Waals surface area contributed by atoms with Crippen molar-refractivity contribution in [1.82, 2.24) is 0 Å².